The van der Waals surface area contributed by atoms with E-state index < -0.39 is 0 Å². The molecule has 0 aliphatic rings. The molecule has 0 N–H and O–H groups in total. The summed E-state index contributed by atoms with van der Waals surface area (Å²) in [4.78, 5) is 76.3. The molecule has 12 aromatic heterocycles. The molecule has 0 amide bonds. The summed E-state index contributed by atoms with van der Waals surface area (Å²) in [7, 11) is 0. The molecule has 22 heteroatoms. The van der Waals surface area contributed by atoms with Crippen molar-refractivity contribution in [1.29, 1.82) is 0 Å². The third kappa shape index (κ3) is 31.1. The Morgan fingerprint density at radius 1 is 0.172 bits per heavy atom. The van der Waals surface area contributed by atoms with Crippen LogP contribution >= 0.6 is 0 Å². The SMILES string of the molecule is Cc1nc(C)nc(-c2ccc(-c3[c-]cccc3)nc2)n1.Cc1ncc(-c2ccc(-c3[c-]cccc3)nc2)cn1.Cc1nccc(-c2ccc(-c3[c-]cccc3)nc2)n1.[Ir].[Ir].[Ir].[Ir].[c-]1ccccc1-c1ccc(-c2ncncn2)cn1.[c-]1ccccc1-c1ccccn1.[c-]1ccccc1-c1ccccn1.[c-]1ccccc1-c1ccccn1.[c-]1ccccc1-c1ccccn1. The van der Waals surface area contributed by atoms with Gasteiger partial charge in [-0.15, -0.1) is 287 Å². The minimum Gasteiger partial charge on any atom is -0.305 e. The van der Waals surface area contributed by atoms with E-state index in [1.165, 1.54) is 12.7 Å². The van der Waals surface area contributed by atoms with Crippen LogP contribution in [0.1, 0.15) is 23.3 Å². The molecule has 4 radical (unpaired) electrons. The molecule has 0 fully saturated rings. The predicted octanol–water partition coefficient (Wildman–Crippen LogP) is 22.2. The van der Waals surface area contributed by atoms with Crippen molar-refractivity contribution in [3.8, 4) is 135 Å². The van der Waals surface area contributed by atoms with E-state index >= 15 is 0 Å². The van der Waals surface area contributed by atoms with Crippen LogP contribution in [0.5, 0.6) is 0 Å². The summed E-state index contributed by atoms with van der Waals surface area (Å²) in [5, 5.41) is 0. The Hall–Kier alpha value is -14.3. The van der Waals surface area contributed by atoms with Gasteiger partial charge in [-0.2, -0.15) is 0 Å². The van der Waals surface area contributed by atoms with E-state index in [1.54, 1.807) is 43.4 Å². The molecule has 0 aliphatic heterocycles. The molecular formula is C106H78Ir4N18-8. The first kappa shape index (κ1) is 97.5. The molecule has 0 bridgehead atoms. The summed E-state index contributed by atoms with van der Waals surface area (Å²) in [6.07, 6.45) is 22.7. The first-order valence-electron chi connectivity index (χ1n) is 39.3. The van der Waals surface area contributed by atoms with Crippen LogP contribution in [0.3, 0.4) is 0 Å². The van der Waals surface area contributed by atoms with Gasteiger partial charge in [0.05, 0.1) is 5.69 Å². The quantitative estimate of drug-likeness (QED) is 0.103. The minimum atomic E-state index is 0. The topological polar surface area (TPSA) is 232 Å². The number of aromatic nitrogens is 18. The van der Waals surface area contributed by atoms with Crippen LogP contribution in [0, 0.1) is 76.2 Å². The Morgan fingerprint density at radius 2 is 0.445 bits per heavy atom. The number of hydrogen-bond donors (Lipinski definition) is 0. The molecule has 20 aromatic rings. The van der Waals surface area contributed by atoms with Crippen LogP contribution in [0.25, 0.3) is 135 Å². The molecule has 12 heterocycles. The van der Waals surface area contributed by atoms with Gasteiger partial charge in [-0.05, 0) is 104 Å². The third-order valence-corrected chi connectivity index (χ3v) is 17.6. The zero-order valence-corrected chi connectivity index (χ0v) is 79.1. The van der Waals surface area contributed by atoms with Crippen LogP contribution in [-0.2, 0) is 80.4 Å². The van der Waals surface area contributed by atoms with Crippen molar-refractivity contribution in [1.82, 2.24) is 89.7 Å². The summed E-state index contributed by atoms with van der Waals surface area (Å²) in [6.45, 7) is 7.47. The Kier molecular flexibility index (Phi) is 41.0. The van der Waals surface area contributed by atoms with Crippen LogP contribution in [-0.4, -0.2) is 89.7 Å². The van der Waals surface area contributed by atoms with E-state index in [0.29, 0.717) is 23.3 Å². The Balaban J connectivity index is 0.000000166. The van der Waals surface area contributed by atoms with E-state index in [1.807, 2.05) is 374 Å². The van der Waals surface area contributed by atoms with Gasteiger partial charge in [0.2, 0.25) is 0 Å². The molecule has 0 spiro atoms. The Bertz CT molecular complexity index is 5890. The second kappa shape index (κ2) is 53.8. The van der Waals surface area contributed by atoms with Crippen molar-refractivity contribution >= 4 is 0 Å². The Labute approximate surface area is 800 Å². The number of rotatable bonds is 12. The second-order valence-corrected chi connectivity index (χ2v) is 26.5. The smallest absolute Gasteiger partial charge is 0.164 e. The van der Waals surface area contributed by atoms with Gasteiger partial charge in [0, 0.05) is 176 Å². The fourth-order valence-corrected chi connectivity index (χ4v) is 11.6. The molecule has 0 saturated carbocycles. The normalized spacial score (nSPS) is 9.78. The van der Waals surface area contributed by atoms with Gasteiger partial charge in [-0.1, -0.05) is 97.1 Å². The summed E-state index contributed by atoms with van der Waals surface area (Å²) in [5.74, 6) is 4.25. The van der Waals surface area contributed by atoms with Crippen LogP contribution < -0.4 is 0 Å². The Morgan fingerprint density at radius 3 is 0.711 bits per heavy atom. The molecule has 20 rings (SSSR count). The number of aryl methyl sites for hydroxylation is 4. The van der Waals surface area contributed by atoms with Crippen molar-refractivity contribution < 1.29 is 80.4 Å². The van der Waals surface area contributed by atoms with E-state index in [9.17, 15) is 0 Å². The molecule has 636 valence electrons. The van der Waals surface area contributed by atoms with Crippen molar-refractivity contribution in [2.75, 3.05) is 0 Å². The summed E-state index contributed by atoms with van der Waals surface area (Å²) in [6, 6.07) is 129. The summed E-state index contributed by atoms with van der Waals surface area (Å²) < 4.78 is 0. The zero-order valence-electron chi connectivity index (χ0n) is 69.5. The second-order valence-electron chi connectivity index (χ2n) is 26.5. The standard InChI is InChI=1S/C16H13N4.2C16H12N3.C14H9N4.4C11H8N.4Ir/c1-11-18-12(2)20-16(19-11)14-8-9-15(17-10-14)13-6-4-3-5-7-13;1-12-17-10-15(11-18-12)14-7-8-16(19-9-14)13-5-3-2-4-6-13;1-12-17-10-9-16(19-12)14-7-8-15(18-11-14)13-5-3-2-4-6-13;1-2-4-11(5-3-1)13-7-6-12(8-16-13)14-17-9-15-10-18-14;4*1-2-6-10(7-3-1)11-8-4-5-9-12-11;;;;/h3-6,8-10H,1-2H3;2*2-5,7-11H,1H3;1-4,6-10H;4*1-6,8-9H;;;;/q8*-1;;;;. The van der Waals surface area contributed by atoms with E-state index in [-0.39, 0.29) is 80.4 Å². The van der Waals surface area contributed by atoms with Crippen molar-refractivity contribution in [2.45, 2.75) is 27.7 Å². The molecular weight excluding hydrogens is 2290 g/mol. The number of hydrogen-bond acceptors (Lipinski definition) is 18. The van der Waals surface area contributed by atoms with Crippen LogP contribution in [0.2, 0.25) is 0 Å². The molecule has 0 atom stereocenters. The van der Waals surface area contributed by atoms with Crippen LogP contribution in [0.15, 0.2) is 402 Å². The van der Waals surface area contributed by atoms with Gasteiger partial charge in [0.25, 0.3) is 0 Å². The first-order valence-corrected chi connectivity index (χ1v) is 39.3. The first-order chi connectivity index (χ1) is 61.2. The molecule has 0 saturated heterocycles. The average molecular weight is 2370 g/mol. The van der Waals surface area contributed by atoms with Gasteiger partial charge >= 0.3 is 0 Å². The van der Waals surface area contributed by atoms with E-state index in [2.05, 4.69) is 138 Å². The van der Waals surface area contributed by atoms with Gasteiger partial charge < -0.3 is 39.9 Å². The van der Waals surface area contributed by atoms with Gasteiger partial charge in [0.15, 0.2) is 11.6 Å². The van der Waals surface area contributed by atoms with Gasteiger partial charge in [-0.3, -0.25) is 0 Å². The molecule has 128 heavy (non-hydrogen) atoms. The van der Waals surface area contributed by atoms with Crippen molar-refractivity contribution in [3.63, 3.8) is 0 Å². The zero-order chi connectivity index (χ0) is 85.2. The molecule has 0 unspecified atom stereocenters. The monoisotopic (exact) mass is 2370 g/mol. The number of nitrogens with zero attached hydrogens (tertiary/aromatic N) is 18. The maximum atomic E-state index is 4.46. The van der Waals surface area contributed by atoms with Gasteiger partial charge in [0.1, 0.15) is 36.0 Å². The molecule has 18 nitrogen and oxygen atoms in total. The van der Waals surface area contributed by atoms with Crippen molar-refractivity contribution in [3.05, 3.63) is 474 Å². The fourth-order valence-electron chi connectivity index (χ4n) is 11.6. The molecule has 8 aromatic carbocycles. The summed E-state index contributed by atoms with van der Waals surface area (Å²) in [5.41, 5.74) is 21.2. The van der Waals surface area contributed by atoms with Crippen LogP contribution in [0.4, 0.5) is 0 Å². The van der Waals surface area contributed by atoms with Gasteiger partial charge in [-0.25, -0.2) is 49.8 Å². The third-order valence-electron chi connectivity index (χ3n) is 17.6. The summed E-state index contributed by atoms with van der Waals surface area (Å²) >= 11 is 0. The number of pyridine rings is 8. The minimum absolute atomic E-state index is 0. The van der Waals surface area contributed by atoms with E-state index in [0.717, 1.165) is 135 Å². The fraction of sp³-hybridized carbons (Fsp3) is 0.0377. The number of benzene rings is 8. The maximum absolute atomic E-state index is 4.46. The average Bonchev–Trinajstić information content (AvgIpc) is 0.659. The van der Waals surface area contributed by atoms with Crippen molar-refractivity contribution in [2.24, 2.45) is 0 Å². The maximum Gasteiger partial charge on any atom is 0.164 e. The molecule has 0 aliphatic carbocycles. The predicted molar refractivity (Wildman–Crippen MR) is 487 cm³/mol. The largest absolute Gasteiger partial charge is 0.305 e. The van der Waals surface area contributed by atoms with E-state index in [4.69, 9.17) is 0 Å².